The summed E-state index contributed by atoms with van der Waals surface area (Å²) in [5, 5.41) is 8.32. The Balaban J connectivity index is 1.19. The standard InChI is InChI=1S/C34H36BrN7O4/c1-20(43)31-25-13-23(24-16-36-21(2)37-17-24)8-10-26(25)41(40-31)18-30(44)42-27-14-34(15-28(34)42)19-46-12-6-4-3-5-7-22-9-11-29(35)38-32(22)39-33(27)45/h8-11,13,16-17,27-28H,3-7,12,14-15,18-19H2,1-2H3,(H,38,39,45)/t27-,28+,34-/m0/s1. The third-order valence-electron chi connectivity index (χ3n) is 9.55. The first-order chi connectivity index (χ1) is 22.2. The number of nitrogens with one attached hydrogen (secondary N) is 1. The molecule has 1 saturated heterocycles. The molecular formula is C34H36BrN7O4. The molecule has 3 aliphatic rings. The number of nitrogens with zero attached hydrogens (tertiary/aromatic N) is 6. The number of likely N-dealkylation sites (tertiary alicyclic amines) is 1. The average molecular weight is 687 g/mol. The molecular weight excluding hydrogens is 650 g/mol. The molecule has 11 nitrogen and oxygen atoms in total. The maximum Gasteiger partial charge on any atom is 0.248 e. The fourth-order valence-electron chi connectivity index (χ4n) is 7.03. The Morgan fingerprint density at radius 2 is 1.87 bits per heavy atom. The van der Waals surface area contributed by atoms with Crippen molar-refractivity contribution in [3.8, 4) is 11.1 Å². The summed E-state index contributed by atoms with van der Waals surface area (Å²) in [6, 6.07) is 8.79. The minimum absolute atomic E-state index is 0.0964. The molecule has 0 radical (unpaired) electrons. The number of ether oxygens (including phenoxy) is 1. The topological polar surface area (TPSA) is 132 Å². The number of rotatable bonds is 4. The lowest BCUT2D eigenvalue weighted by atomic mass is 10.00. The quantitative estimate of drug-likeness (QED) is 0.226. The number of hydrogen-bond acceptors (Lipinski definition) is 8. The lowest BCUT2D eigenvalue weighted by Gasteiger charge is -2.27. The molecule has 2 amide bonds. The van der Waals surface area contributed by atoms with E-state index < -0.39 is 6.04 Å². The van der Waals surface area contributed by atoms with Gasteiger partial charge < -0.3 is 15.0 Å². The average Bonchev–Trinajstić information content (AvgIpc) is 3.45. The molecule has 2 fully saturated rings. The van der Waals surface area contributed by atoms with Crippen molar-refractivity contribution in [1.82, 2.24) is 29.6 Å². The fraction of sp³-hybridized carbons (Fsp3) is 0.441. The molecule has 3 atom stereocenters. The monoisotopic (exact) mass is 685 g/mol. The van der Waals surface area contributed by atoms with E-state index in [0.717, 1.165) is 55.2 Å². The first-order valence-electron chi connectivity index (χ1n) is 15.9. The molecule has 1 aliphatic carbocycles. The van der Waals surface area contributed by atoms with E-state index >= 15 is 0 Å². The van der Waals surface area contributed by atoms with Gasteiger partial charge in [0.2, 0.25) is 11.8 Å². The van der Waals surface area contributed by atoms with Crippen LogP contribution in [-0.2, 0) is 27.3 Å². The summed E-state index contributed by atoms with van der Waals surface area (Å²) in [5.74, 6) is 0.537. The lowest BCUT2D eigenvalue weighted by molar-refractivity contribution is -0.138. The number of halogens is 1. The van der Waals surface area contributed by atoms with E-state index in [0.29, 0.717) is 46.8 Å². The first kappa shape index (κ1) is 30.6. The van der Waals surface area contributed by atoms with Crippen LogP contribution < -0.4 is 5.32 Å². The highest BCUT2D eigenvalue weighted by molar-refractivity contribution is 9.10. The zero-order valence-corrected chi connectivity index (χ0v) is 27.5. The Bertz CT molecular complexity index is 1840. The minimum atomic E-state index is -0.671. The van der Waals surface area contributed by atoms with Gasteiger partial charge in [0.15, 0.2) is 5.78 Å². The molecule has 2 aliphatic heterocycles. The SMILES string of the molecule is CC(=O)c1nn(CC(=O)N2[C@H]3C[C@@]4(COCCCCCCc5ccc(Br)nc5NC3=O)C[C@@H]24)c2ccc(-c3cnc(C)nc3)cc12. The van der Waals surface area contributed by atoms with Gasteiger partial charge in [-0.3, -0.25) is 19.1 Å². The number of aromatic nitrogens is 5. The summed E-state index contributed by atoms with van der Waals surface area (Å²) in [7, 11) is 0. The van der Waals surface area contributed by atoms with E-state index in [2.05, 4.69) is 41.3 Å². The molecule has 1 N–H and O–H groups in total. The molecule has 3 aromatic heterocycles. The number of anilines is 1. The number of Topliss-reactive ketones (excluding diaryl/α,β-unsaturated/α-hetero) is 1. The molecule has 0 unspecified atom stereocenters. The summed E-state index contributed by atoms with van der Waals surface area (Å²) in [6.07, 6.45) is 9.76. The number of hydrogen-bond donors (Lipinski definition) is 1. The Labute approximate surface area is 275 Å². The van der Waals surface area contributed by atoms with Crippen molar-refractivity contribution in [3.05, 3.63) is 64.4 Å². The Hall–Kier alpha value is -4.03. The number of fused-ring (bicyclic) bond motifs is 3. The van der Waals surface area contributed by atoms with Gasteiger partial charge in [-0.1, -0.05) is 25.0 Å². The predicted molar refractivity (Wildman–Crippen MR) is 175 cm³/mol. The van der Waals surface area contributed by atoms with Crippen LogP contribution in [0.4, 0.5) is 5.82 Å². The third-order valence-corrected chi connectivity index (χ3v) is 9.99. The van der Waals surface area contributed by atoms with Crippen LogP contribution >= 0.6 is 15.9 Å². The fourth-order valence-corrected chi connectivity index (χ4v) is 7.34. The van der Waals surface area contributed by atoms with Crippen LogP contribution in [0.25, 0.3) is 22.0 Å². The van der Waals surface area contributed by atoms with E-state index in [4.69, 9.17) is 4.74 Å². The first-order valence-corrected chi connectivity index (χ1v) is 16.7. The number of piperidine rings is 1. The van der Waals surface area contributed by atoms with Crippen LogP contribution in [-0.4, -0.2) is 72.5 Å². The normalized spacial score (nSPS) is 23.2. The molecule has 46 heavy (non-hydrogen) atoms. The Morgan fingerprint density at radius 3 is 2.67 bits per heavy atom. The van der Waals surface area contributed by atoms with Gasteiger partial charge in [0.25, 0.3) is 0 Å². The van der Waals surface area contributed by atoms with E-state index in [1.54, 1.807) is 22.0 Å². The number of carbonyl (C=O) groups is 3. The van der Waals surface area contributed by atoms with Crippen molar-refractivity contribution < 1.29 is 19.1 Å². The van der Waals surface area contributed by atoms with Gasteiger partial charge in [-0.2, -0.15) is 5.10 Å². The van der Waals surface area contributed by atoms with Gasteiger partial charge in [0, 0.05) is 48.3 Å². The molecule has 12 heteroatoms. The number of amides is 2. The lowest BCUT2D eigenvalue weighted by Crippen LogP contribution is -2.47. The summed E-state index contributed by atoms with van der Waals surface area (Å²) in [4.78, 5) is 55.7. The zero-order chi connectivity index (χ0) is 32.0. The summed E-state index contributed by atoms with van der Waals surface area (Å²) >= 11 is 3.45. The van der Waals surface area contributed by atoms with Gasteiger partial charge in [-0.25, -0.2) is 15.0 Å². The minimum Gasteiger partial charge on any atom is -0.381 e. The molecule has 1 spiro atoms. The Kier molecular flexibility index (Phi) is 8.18. The molecule has 1 saturated carbocycles. The number of benzene rings is 1. The second kappa shape index (κ2) is 12.3. The smallest absolute Gasteiger partial charge is 0.248 e. The second-order valence-corrected chi connectivity index (χ2v) is 13.6. The van der Waals surface area contributed by atoms with Crippen LogP contribution in [0.15, 0.2) is 47.3 Å². The molecule has 5 heterocycles. The third kappa shape index (κ3) is 5.84. The summed E-state index contributed by atoms with van der Waals surface area (Å²) in [5.41, 5.74) is 3.36. The number of aryl methyl sites for hydroxylation is 2. The van der Waals surface area contributed by atoms with Gasteiger partial charge in [0.05, 0.1) is 12.1 Å². The van der Waals surface area contributed by atoms with Gasteiger partial charge in [0.1, 0.15) is 34.5 Å². The Morgan fingerprint density at radius 1 is 1.07 bits per heavy atom. The van der Waals surface area contributed by atoms with Crippen LogP contribution in [0.5, 0.6) is 0 Å². The second-order valence-electron chi connectivity index (χ2n) is 12.8. The summed E-state index contributed by atoms with van der Waals surface area (Å²) in [6.45, 7) is 4.39. The molecule has 7 rings (SSSR count). The van der Waals surface area contributed by atoms with Crippen molar-refractivity contribution in [2.75, 3.05) is 18.5 Å². The maximum atomic E-state index is 14.2. The van der Waals surface area contributed by atoms with Crippen molar-refractivity contribution >= 4 is 50.2 Å². The van der Waals surface area contributed by atoms with E-state index in [9.17, 15) is 14.4 Å². The van der Waals surface area contributed by atoms with Gasteiger partial charge in [-0.05, 0) is 84.3 Å². The van der Waals surface area contributed by atoms with Crippen molar-refractivity contribution in [2.45, 2.75) is 77.4 Å². The number of pyridine rings is 1. The van der Waals surface area contributed by atoms with Crippen LogP contribution in [0.3, 0.4) is 0 Å². The molecule has 4 aromatic rings. The summed E-state index contributed by atoms with van der Waals surface area (Å²) < 4.78 is 8.35. The largest absolute Gasteiger partial charge is 0.381 e. The van der Waals surface area contributed by atoms with E-state index in [1.807, 2.05) is 37.3 Å². The predicted octanol–water partition coefficient (Wildman–Crippen LogP) is 5.29. The number of carbonyl (C=O) groups excluding carboxylic acids is 3. The zero-order valence-electron chi connectivity index (χ0n) is 26.0. The number of ketones is 1. The van der Waals surface area contributed by atoms with Crippen molar-refractivity contribution in [3.63, 3.8) is 0 Å². The van der Waals surface area contributed by atoms with Crippen LogP contribution in [0.2, 0.25) is 0 Å². The van der Waals surface area contributed by atoms with E-state index in [1.165, 1.54) is 6.92 Å². The van der Waals surface area contributed by atoms with E-state index in [-0.39, 0.29) is 41.3 Å². The highest BCUT2D eigenvalue weighted by Gasteiger charge is 2.67. The van der Waals surface area contributed by atoms with Crippen molar-refractivity contribution in [1.29, 1.82) is 0 Å². The van der Waals surface area contributed by atoms with Crippen LogP contribution in [0, 0.1) is 12.3 Å². The molecule has 2 bridgehead atoms. The highest BCUT2D eigenvalue weighted by atomic mass is 79.9. The molecule has 238 valence electrons. The van der Waals surface area contributed by atoms with Gasteiger partial charge in [-0.15, -0.1) is 0 Å². The van der Waals surface area contributed by atoms with Crippen LogP contribution in [0.1, 0.15) is 67.3 Å². The maximum absolute atomic E-state index is 14.2. The highest BCUT2D eigenvalue weighted by Crippen LogP contribution is 2.60. The van der Waals surface area contributed by atoms with Crippen molar-refractivity contribution in [2.24, 2.45) is 5.41 Å². The molecule has 1 aromatic carbocycles. The van der Waals surface area contributed by atoms with Gasteiger partial charge >= 0.3 is 0 Å².